The zero-order valence-corrected chi connectivity index (χ0v) is 21.2. The van der Waals surface area contributed by atoms with Crippen molar-refractivity contribution in [1.29, 1.82) is 0 Å². The predicted molar refractivity (Wildman–Crippen MR) is 135 cm³/mol. The Labute approximate surface area is 217 Å². The largest absolute Gasteiger partial charge is 0.497 e. The zero-order valence-electron chi connectivity index (χ0n) is 18.1. The molecule has 1 aliphatic rings. The highest BCUT2D eigenvalue weighted by atomic mass is 79.9. The molecule has 35 heavy (non-hydrogen) atoms. The summed E-state index contributed by atoms with van der Waals surface area (Å²) in [5.74, 6) is -1.03. The van der Waals surface area contributed by atoms with Gasteiger partial charge in [0.05, 0.1) is 24.1 Å². The second-order valence-electron chi connectivity index (χ2n) is 7.27. The molecule has 0 aliphatic carbocycles. The molecule has 3 aromatic carbocycles. The molecule has 0 spiro atoms. The topological polar surface area (TPSA) is 72.9 Å². The molecule has 1 saturated heterocycles. The number of carbonyl (C=O) groups is 3. The molecule has 0 bridgehead atoms. The molecular formula is C25H16BrClFNO5S. The van der Waals surface area contributed by atoms with Crippen LogP contribution in [0.4, 0.5) is 9.18 Å². The van der Waals surface area contributed by atoms with Crippen LogP contribution in [0.2, 0.25) is 5.02 Å². The van der Waals surface area contributed by atoms with Crippen LogP contribution >= 0.6 is 39.3 Å². The lowest BCUT2D eigenvalue weighted by Crippen LogP contribution is -2.28. The first kappa shape index (κ1) is 25.0. The minimum absolute atomic E-state index is 0.0503. The van der Waals surface area contributed by atoms with Crippen molar-refractivity contribution >= 4 is 62.5 Å². The van der Waals surface area contributed by atoms with Gasteiger partial charge in [-0.1, -0.05) is 33.6 Å². The van der Waals surface area contributed by atoms with Crippen molar-refractivity contribution in [3.05, 3.63) is 97.6 Å². The molecule has 6 nitrogen and oxygen atoms in total. The molecule has 10 heteroatoms. The summed E-state index contributed by atoms with van der Waals surface area (Å²) in [7, 11) is 1.52. The van der Waals surface area contributed by atoms with E-state index in [2.05, 4.69) is 15.9 Å². The number of rotatable bonds is 6. The van der Waals surface area contributed by atoms with Crippen LogP contribution in [0.5, 0.6) is 11.5 Å². The first-order chi connectivity index (χ1) is 16.8. The lowest BCUT2D eigenvalue weighted by Gasteiger charge is -2.14. The first-order valence-corrected chi connectivity index (χ1v) is 12.1. The van der Waals surface area contributed by atoms with E-state index in [4.69, 9.17) is 21.1 Å². The lowest BCUT2D eigenvalue weighted by molar-refractivity contribution is -0.123. The van der Waals surface area contributed by atoms with Gasteiger partial charge in [0.2, 0.25) is 0 Å². The van der Waals surface area contributed by atoms with Crippen molar-refractivity contribution in [2.45, 2.75) is 6.54 Å². The number of carbonyl (C=O) groups excluding carboxylic acids is 3. The zero-order chi connectivity index (χ0) is 25.1. The third-order valence-electron chi connectivity index (χ3n) is 5.04. The van der Waals surface area contributed by atoms with E-state index in [9.17, 15) is 18.8 Å². The van der Waals surface area contributed by atoms with Crippen molar-refractivity contribution in [1.82, 2.24) is 4.90 Å². The Balaban J connectivity index is 1.59. The summed E-state index contributed by atoms with van der Waals surface area (Å²) in [5.41, 5.74) is 0.756. The Morgan fingerprint density at radius 3 is 2.57 bits per heavy atom. The van der Waals surface area contributed by atoms with Gasteiger partial charge in [0.25, 0.3) is 11.1 Å². The normalized spacial score (nSPS) is 14.5. The number of ether oxygens (including phenoxy) is 2. The number of imide groups is 1. The summed E-state index contributed by atoms with van der Waals surface area (Å²) in [5, 5.41) is -0.444. The quantitative estimate of drug-likeness (QED) is 0.185. The molecule has 0 unspecified atom stereocenters. The van der Waals surface area contributed by atoms with E-state index in [1.165, 1.54) is 31.4 Å². The van der Waals surface area contributed by atoms with Crippen molar-refractivity contribution < 1.29 is 28.2 Å². The summed E-state index contributed by atoms with van der Waals surface area (Å²) in [6, 6.07) is 15.4. The van der Waals surface area contributed by atoms with Gasteiger partial charge < -0.3 is 9.47 Å². The number of thioether (sulfide) groups is 1. The molecule has 2 amide bonds. The van der Waals surface area contributed by atoms with Gasteiger partial charge in [-0.25, -0.2) is 9.18 Å². The smallest absolute Gasteiger partial charge is 0.343 e. The van der Waals surface area contributed by atoms with Crippen molar-refractivity contribution in [3.8, 4) is 11.5 Å². The predicted octanol–water partition coefficient (Wildman–Crippen LogP) is 6.71. The second kappa shape index (κ2) is 10.6. The molecule has 4 rings (SSSR count). The Hall–Kier alpha value is -3.14. The van der Waals surface area contributed by atoms with Gasteiger partial charge in [0.1, 0.15) is 17.3 Å². The van der Waals surface area contributed by atoms with Gasteiger partial charge in [0, 0.05) is 20.6 Å². The standard InChI is InChI=1S/C25H16BrClFNO5S/c1-33-17-8-5-14(6-9-17)24(31)34-21-10-7-16(26)11-15(21)12-22-23(30)29(25(32)35-22)13-18-19(27)3-2-4-20(18)28/h2-12H,13H2,1H3/b22-12-. The molecule has 0 saturated carbocycles. The van der Waals surface area contributed by atoms with Gasteiger partial charge in [-0.2, -0.15) is 0 Å². The Morgan fingerprint density at radius 2 is 1.89 bits per heavy atom. The minimum atomic E-state index is -0.611. The van der Waals surface area contributed by atoms with E-state index in [1.54, 1.807) is 42.5 Å². The van der Waals surface area contributed by atoms with E-state index in [0.717, 1.165) is 4.90 Å². The van der Waals surface area contributed by atoms with Crippen molar-refractivity contribution in [2.24, 2.45) is 0 Å². The third kappa shape index (κ3) is 5.58. The van der Waals surface area contributed by atoms with Crippen LogP contribution in [0.3, 0.4) is 0 Å². The maximum Gasteiger partial charge on any atom is 0.343 e. The number of nitrogens with zero attached hydrogens (tertiary/aromatic N) is 1. The fourth-order valence-corrected chi connectivity index (χ4v) is 4.66. The highest BCUT2D eigenvalue weighted by molar-refractivity contribution is 9.10. The fraction of sp³-hybridized carbons (Fsp3) is 0.0800. The van der Waals surface area contributed by atoms with E-state index >= 15 is 0 Å². The molecule has 0 aromatic heterocycles. The van der Waals surface area contributed by atoms with E-state index in [-0.39, 0.29) is 27.8 Å². The Kier molecular flexibility index (Phi) is 7.59. The summed E-state index contributed by atoms with van der Waals surface area (Å²) >= 11 is 10.1. The molecule has 1 fully saturated rings. The van der Waals surface area contributed by atoms with Gasteiger partial charge in [-0.05, 0) is 72.4 Å². The number of amides is 2. The highest BCUT2D eigenvalue weighted by Crippen LogP contribution is 2.36. The van der Waals surface area contributed by atoms with Crippen LogP contribution in [0.25, 0.3) is 6.08 Å². The van der Waals surface area contributed by atoms with E-state index in [1.807, 2.05) is 0 Å². The average Bonchev–Trinajstić information content (AvgIpc) is 3.10. The Bertz CT molecular complexity index is 1340. The van der Waals surface area contributed by atoms with Crippen molar-refractivity contribution in [3.63, 3.8) is 0 Å². The molecule has 3 aromatic rings. The van der Waals surface area contributed by atoms with Crippen LogP contribution in [0, 0.1) is 5.82 Å². The number of halogens is 3. The minimum Gasteiger partial charge on any atom is -0.497 e. The maximum atomic E-state index is 14.2. The first-order valence-electron chi connectivity index (χ1n) is 10.1. The lowest BCUT2D eigenvalue weighted by atomic mass is 10.1. The molecule has 1 aliphatic heterocycles. The molecule has 0 atom stereocenters. The van der Waals surface area contributed by atoms with Crippen LogP contribution < -0.4 is 9.47 Å². The summed E-state index contributed by atoms with van der Waals surface area (Å²) in [4.78, 5) is 39.2. The fourth-order valence-electron chi connectivity index (χ4n) is 3.23. The highest BCUT2D eigenvalue weighted by Gasteiger charge is 2.36. The number of benzene rings is 3. The second-order valence-corrected chi connectivity index (χ2v) is 9.58. The van der Waals surface area contributed by atoms with Gasteiger partial charge in [0.15, 0.2) is 0 Å². The molecule has 178 valence electrons. The molecule has 0 radical (unpaired) electrons. The van der Waals surface area contributed by atoms with E-state index in [0.29, 0.717) is 33.1 Å². The Morgan fingerprint density at radius 1 is 1.14 bits per heavy atom. The van der Waals surface area contributed by atoms with Crippen molar-refractivity contribution in [2.75, 3.05) is 7.11 Å². The van der Waals surface area contributed by atoms with Gasteiger partial charge >= 0.3 is 5.97 Å². The summed E-state index contributed by atoms with van der Waals surface area (Å²) < 4.78 is 25.5. The maximum absolute atomic E-state index is 14.2. The SMILES string of the molecule is COc1ccc(C(=O)Oc2ccc(Br)cc2/C=C2\SC(=O)N(Cc3c(F)cccc3Cl)C2=O)cc1. The van der Waals surface area contributed by atoms with Crippen LogP contribution in [0.1, 0.15) is 21.5 Å². The van der Waals surface area contributed by atoms with Crippen LogP contribution in [-0.2, 0) is 11.3 Å². The van der Waals surface area contributed by atoms with Gasteiger partial charge in [-0.15, -0.1) is 0 Å². The number of esters is 1. The van der Waals surface area contributed by atoms with Gasteiger partial charge in [-0.3, -0.25) is 14.5 Å². The summed E-state index contributed by atoms with van der Waals surface area (Å²) in [6.07, 6.45) is 1.45. The molecule has 1 heterocycles. The number of hydrogen-bond donors (Lipinski definition) is 0. The summed E-state index contributed by atoms with van der Waals surface area (Å²) in [6.45, 7) is -0.300. The molecule has 0 N–H and O–H groups in total. The van der Waals surface area contributed by atoms with Crippen LogP contribution in [0.15, 0.2) is 70.0 Å². The average molecular weight is 577 g/mol. The number of hydrogen-bond acceptors (Lipinski definition) is 6. The third-order valence-corrected chi connectivity index (χ3v) is 6.79. The number of methoxy groups -OCH3 is 1. The van der Waals surface area contributed by atoms with E-state index < -0.39 is 22.9 Å². The van der Waals surface area contributed by atoms with Crippen LogP contribution in [-0.4, -0.2) is 29.1 Å². The monoisotopic (exact) mass is 575 g/mol. The molecular weight excluding hydrogens is 561 g/mol.